The summed E-state index contributed by atoms with van der Waals surface area (Å²) in [5.74, 6) is 0. The summed E-state index contributed by atoms with van der Waals surface area (Å²) in [6, 6.07) is 8.14. The molecule has 1 aliphatic rings. The van der Waals surface area contributed by atoms with Crippen LogP contribution in [0.2, 0.25) is 0 Å². The average Bonchev–Trinajstić information content (AvgIpc) is 2.29. The number of anilines is 1. The zero-order valence-electron chi connectivity index (χ0n) is 10.8. The van der Waals surface area contributed by atoms with Gasteiger partial charge >= 0.3 is 0 Å². The Balaban J connectivity index is 1.99. The van der Waals surface area contributed by atoms with E-state index in [1.165, 1.54) is 12.0 Å². The van der Waals surface area contributed by atoms with Crippen LogP contribution in [-0.4, -0.2) is 30.7 Å². The summed E-state index contributed by atoms with van der Waals surface area (Å²) in [5, 5.41) is 0. The number of nitrogen functional groups attached to an aromatic ring is 1. The van der Waals surface area contributed by atoms with Crippen LogP contribution < -0.4 is 5.73 Å². The van der Waals surface area contributed by atoms with Crippen LogP contribution in [0.4, 0.5) is 5.69 Å². The van der Waals surface area contributed by atoms with Gasteiger partial charge in [-0.1, -0.05) is 12.1 Å². The zero-order chi connectivity index (χ0) is 12.3. The highest BCUT2D eigenvalue weighted by molar-refractivity contribution is 5.40. The van der Waals surface area contributed by atoms with E-state index in [0.29, 0.717) is 0 Å². The highest BCUT2D eigenvalue weighted by atomic mass is 16.5. The Hall–Kier alpha value is -1.06. The van der Waals surface area contributed by atoms with Gasteiger partial charge in [0.15, 0.2) is 0 Å². The van der Waals surface area contributed by atoms with Crippen molar-refractivity contribution in [3.8, 4) is 0 Å². The lowest BCUT2D eigenvalue weighted by Gasteiger charge is -2.39. The summed E-state index contributed by atoms with van der Waals surface area (Å²) in [5.41, 5.74) is 7.94. The van der Waals surface area contributed by atoms with Crippen LogP contribution in [0.15, 0.2) is 24.3 Å². The summed E-state index contributed by atoms with van der Waals surface area (Å²) in [6.07, 6.45) is 2.35. The Morgan fingerprint density at radius 1 is 1.47 bits per heavy atom. The molecular weight excluding hydrogens is 212 g/mol. The van der Waals surface area contributed by atoms with Crippen LogP contribution in [0.5, 0.6) is 0 Å². The van der Waals surface area contributed by atoms with Gasteiger partial charge in [-0.25, -0.2) is 0 Å². The van der Waals surface area contributed by atoms with E-state index in [4.69, 9.17) is 10.5 Å². The van der Waals surface area contributed by atoms with Gasteiger partial charge in [0.05, 0.1) is 5.60 Å². The molecule has 3 nitrogen and oxygen atoms in total. The molecule has 1 aromatic carbocycles. The molecule has 17 heavy (non-hydrogen) atoms. The number of methoxy groups -OCH3 is 1. The van der Waals surface area contributed by atoms with E-state index in [1.54, 1.807) is 0 Å². The Morgan fingerprint density at radius 3 is 3.00 bits per heavy atom. The van der Waals surface area contributed by atoms with Gasteiger partial charge in [-0.15, -0.1) is 0 Å². The van der Waals surface area contributed by atoms with Gasteiger partial charge < -0.3 is 10.5 Å². The number of nitrogens with two attached hydrogens (primary N) is 1. The van der Waals surface area contributed by atoms with Crippen LogP contribution in [0.3, 0.4) is 0 Å². The maximum atomic E-state index is 5.80. The molecule has 1 aliphatic heterocycles. The maximum Gasteiger partial charge on any atom is 0.0777 e. The van der Waals surface area contributed by atoms with E-state index in [9.17, 15) is 0 Å². The van der Waals surface area contributed by atoms with Gasteiger partial charge in [0.1, 0.15) is 0 Å². The van der Waals surface area contributed by atoms with Gasteiger partial charge in [0.25, 0.3) is 0 Å². The lowest BCUT2D eigenvalue weighted by atomic mass is 9.94. The van der Waals surface area contributed by atoms with E-state index in [2.05, 4.69) is 24.0 Å². The monoisotopic (exact) mass is 234 g/mol. The molecule has 0 aliphatic carbocycles. The molecule has 1 fully saturated rings. The molecule has 3 heteroatoms. The van der Waals surface area contributed by atoms with E-state index in [1.807, 2.05) is 19.2 Å². The molecule has 1 aromatic rings. The first-order valence-electron chi connectivity index (χ1n) is 6.23. The molecule has 1 saturated heterocycles. The average molecular weight is 234 g/mol. The van der Waals surface area contributed by atoms with Gasteiger partial charge in [-0.2, -0.15) is 0 Å². The lowest BCUT2D eigenvalue weighted by Crippen LogP contribution is -2.46. The second-order valence-corrected chi connectivity index (χ2v) is 5.21. The molecule has 0 amide bonds. The maximum absolute atomic E-state index is 5.80. The first-order valence-corrected chi connectivity index (χ1v) is 6.23. The first kappa shape index (κ1) is 12.4. The van der Waals surface area contributed by atoms with Crippen molar-refractivity contribution in [3.05, 3.63) is 29.8 Å². The lowest BCUT2D eigenvalue weighted by molar-refractivity contribution is -0.0526. The fourth-order valence-corrected chi connectivity index (χ4v) is 2.56. The fraction of sp³-hybridized carbons (Fsp3) is 0.571. The van der Waals surface area contributed by atoms with Crippen molar-refractivity contribution in [2.24, 2.45) is 0 Å². The number of rotatable bonds is 3. The van der Waals surface area contributed by atoms with Crippen molar-refractivity contribution in [1.82, 2.24) is 4.90 Å². The minimum atomic E-state index is 0.0125. The van der Waals surface area contributed by atoms with Crippen molar-refractivity contribution in [3.63, 3.8) is 0 Å². The number of likely N-dealkylation sites (tertiary alicyclic amines) is 1. The predicted octanol–water partition coefficient (Wildman–Crippen LogP) is 2.27. The molecule has 0 aromatic heterocycles. The largest absolute Gasteiger partial charge is 0.399 e. The van der Waals surface area contributed by atoms with Crippen LogP contribution in [0, 0.1) is 0 Å². The Kier molecular flexibility index (Phi) is 3.69. The molecule has 1 atom stereocenters. The van der Waals surface area contributed by atoms with Crippen LogP contribution in [0.25, 0.3) is 0 Å². The van der Waals surface area contributed by atoms with Crippen molar-refractivity contribution < 1.29 is 4.74 Å². The van der Waals surface area contributed by atoms with Crippen molar-refractivity contribution >= 4 is 5.69 Å². The van der Waals surface area contributed by atoms with Crippen molar-refractivity contribution in [2.45, 2.75) is 31.9 Å². The minimum Gasteiger partial charge on any atom is -0.399 e. The highest BCUT2D eigenvalue weighted by Crippen LogP contribution is 2.25. The smallest absolute Gasteiger partial charge is 0.0777 e. The van der Waals surface area contributed by atoms with E-state index in [0.717, 1.165) is 31.7 Å². The molecule has 0 radical (unpaired) electrons. The molecule has 0 bridgehead atoms. The normalized spacial score (nSPS) is 26.0. The van der Waals surface area contributed by atoms with Gasteiger partial charge in [-0.05, 0) is 44.0 Å². The molecular formula is C14H22N2O. The Morgan fingerprint density at radius 2 is 2.29 bits per heavy atom. The quantitative estimate of drug-likeness (QED) is 0.815. The number of ether oxygens (including phenoxy) is 1. The molecule has 0 saturated carbocycles. The van der Waals surface area contributed by atoms with E-state index in [-0.39, 0.29) is 5.60 Å². The third-order valence-electron chi connectivity index (χ3n) is 3.59. The molecule has 94 valence electrons. The fourth-order valence-electron chi connectivity index (χ4n) is 2.56. The molecule has 0 spiro atoms. The van der Waals surface area contributed by atoms with E-state index < -0.39 is 0 Å². The third-order valence-corrected chi connectivity index (χ3v) is 3.59. The SMILES string of the molecule is COC1(C)CCCN(Cc2cccc(N)c2)C1. The summed E-state index contributed by atoms with van der Waals surface area (Å²) < 4.78 is 5.60. The predicted molar refractivity (Wildman–Crippen MR) is 70.8 cm³/mol. The standard InChI is InChI=1S/C14H22N2O/c1-14(17-2)7-4-8-16(11-14)10-12-5-3-6-13(15)9-12/h3,5-6,9H,4,7-8,10-11,15H2,1-2H3. The molecule has 1 unspecified atom stereocenters. The van der Waals surface area contributed by atoms with Crippen molar-refractivity contribution in [2.75, 3.05) is 25.9 Å². The summed E-state index contributed by atoms with van der Waals surface area (Å²) in [6.45, 7) is 5.30. The van der Waals surface area contributed by atoms with Crippen molar-refractivity contribution in [1.29, 1.82) is 0 Å². The molecule has 1 heterocycles. The summed E-state index contributed by atoms with van der Waals surface area (Å²) in [4.78, 5) is 2.45. The Labute approximate surface area is 104 Å². The number of hydrogen-bond acceptors (Lipinski definition) is 3. The van der Waals surface area contributed by atoms with Crippen LogP contribution >= 0.6 is 0 Å². The Bertz CT molecular complexity index is 380. The van der Waals surface area contributed by atoms with E-state index >= 15 is 0 Å². The number of piperidine rings is 1. The number of nitrogens with zero attached hydrogens (tertiary/aromatic N) is 1. The summed E-state index contributed by atoms with van der Waals surface area (Å²) >= 11 is 0. The number of hydrogen-bond donors (Lipinski definition) is 1. The van der Waals surface area contributed by atoms with Gasteiger partial charge in [0, 0.05) is 25.9 Å². The third kappa shape index (κ3) is 3.20. The molecule has 2 rings (SSSR count). The highest BCUT2D eigenvalue weighted by Gasteiger charge is 2.30. The molecule has 2 N–H and O–H groups in total. The minimum absolute atomic E-state index is 0.0125. The second-order valence-electron chi connectivity index (χ2n) is 5.21. The van der Waals surface area contributed by atoms with Crippen LogP contribution in [0.1, 0.15) is 25.3 Å². The van der Waals surface area contributed by atoms with Gasteiger partial charge in [0.2, 0.25) is 0 Å². The zero-order valence-corrected chi connectivity index (χ0v) is 10.8. The topological polar surface area (TPSA) is 38.5 Å². The summed E-state index contributed by atoms with van der Waals surface area (Å²) in [7, 11) is 1.81. The second kappa shape index (κ2) is 5.07. The first-order chi connectivity index (χ1) is 8.11. The number of benzene rings is 1. The van der Waals surface area contributed by atoms with Gasteiger partial charge in [-0.3, -0.25) is 4.90 Å². The van der Waals surface area contributed by atoms with Crippen LogP contribution in [-0.2, 0) is 11.3 Å².